The molecule has 0 radical (unpaired) electrons. The standard InChI is InChI=1S/C17H31NOS/c1-3-5-20(19)12-16(18-4-2)17-9-13-6-14(10-17)8-15(7-13)11-17/h13-16,18H,3-12H2,1-2H3. The number of hydrogen-bond donors (Lipinski definition) is 1. The van der Waals surface area contributed by atoms with E-state index in [1.165, 1.54) is 38.5 Å². The first-order valence-electron chi connectivity index (χ1n) is 8.73. The Morgan fingerprint density at radius 2 is 1.65 bits per heavy atom. The van der Waals surface area contributed by atoms with Gasteiger partial charge in [-0.1, -0.05) is 13.8 Å². The van der Waals surface area contributed by atoms with Crippen LogP contribution in [0.15, 0.2) is 0 Å². The van der Waals surface area contributed by atoms with E-state index in [0.717, 1.165) is 42.2 Å². The third-order valence-corrected chi connectivity index (χ3v) is 7.63. The largest absolute Gasteiger partial charge is 0.313 e. The van der Waals surface area contributed by atoms with Gasteiger partial charge >= 0.3 is 0 Å². The summed E-state index contributed by atoms with van der Waals surface area (Å²) in [4.78, 5) is 0. The Morgan fingerprint density at radius 3 is 2.10 bits per heavy atom. The van der Waals surface area contributed by atoms with Crippen LogP contribution in [0.5, 0.6) is 0 Å². The molecule has 4 bridgehead atoms. The van der Waals surface area contributed by atoms with Gasteiger partial charge in [-0.3, -0.25) is 4.21 Å². The summed E-state index contributed by atoms with van der Waals surface area (Å²) in [5.74, 6) is 4.74. The zero-order valence-corrected chi connectivity index (χ0v) is 14.0. The molecule has 0 saturated heterocycles. The molecular formula is C17H31NOS. The summed E-state index contributed by atoms with van der Waals surface area (Å²) < 4.78 is 12.3. The molecule has 2 atom stereocenters. The van der Waals surface area contributed by atoms with E-state index in [4.69, 9.17) is 0 Å². The van der Waals surface area contributed by atoms with E-state index < -0.39 is 10.8 Å². The van der Waals surface area contributed by atoms with Gasteiger partial charge < -0.3 is 5.32 Å². The summed E-state index contributed by atoms with van der Waals surface area (Å²) in [6, 6.07) is 0.508. The van der Waals surface area contributed by atoms with Gasteiger partial charge in [0.1, 0.15) is 0 Å². The van der Waals surface area contributed by atoms with Crippen LogP contribution in [0.1, 0.15) is 58.8 Å². The minimum atomic E-state index is -0.627. The zero-order valence-electron chi connectivity index (χ0n) is 13.2. The Bertz CT molecular complexity index is 333. The van der Waals surface area contributed by atoms with Gasteiger partial charge in [0.25, 0.3) is 0 Å². The Morgan fingerprint density at radius 1 is 1.10 bits per heavy atom. The fourth-order valence-corrected chi connectivity index (χ4v) is 7.27. The number of rotatable bonds is 7. The average Bonchev–Trinajstić information content (AvgIpc) is 2.37. The number of nitrogens with one attached hydrogen (secondary N) is 1. The summed E-state index contributed by atoms with van der Waals surface area (Å²) in [6.07, 6.45) is 9.79. The van der Waals surface area contributed by atoms with E-state index in [9.17, 15) is 4.21 Å². The first-order valence-corrected chi connectivity index (χ1v) is 10.2. The van der Waals surface area contributed by atoms with Crippen molar-refractivity contribution in [2.45, 2.75) is 64.8 Å². The molecule has 0 aromatic heterocycles. The molecule has 20 heavy (non-hydrogen) atoms. The van der Waals surface area contributed by atoms with Crippen molar-refractivity contribution in [1.29, 1.82) is 0 Å². The molecule has 4 rings (SSSR count). The number of hydrogen-bond acceptors (Lipinski definition) is 2. The lowest BCUT2D eigenvalue weighted by Crippen LogP contribution is -2.57. The Balaban J connectivity index is 1.74. The lowest BCUT2D eigenvalue weighted by Gasteiger charge is -2.59. The summed E-state index contributed by atoms with van der Waals surface area (Å²) in [6.45, 7) is 5.37. The van der Waals surface area contributed by atoms with Crippen molar-refractivity contribution in [1.82, 2.24) is 5.32 Å². The fraction of sp³-hybridized carbons (Fsp3) is 1.00. The van der Waals surface area contributed by atoms with Crippen LogP contribution in [0, 0.1) is 23.2 Å². The summed E-state index contributed by atoms with van der Waals surface area (Å²) in [7, 11) is -0.627. The normalized spacial score (nSPS) is 41.8. The van der Waals surface area contributed by atoms with E-state index in [1.807, 2.05) is 0 Å². The van der Waals surface area contributed by atoms with Crippen LogP contribution >= 0.6 is 0 Å². The van der Waals surface area contributed by atoms with Gasteiger partial charge in [-0.25, -0.2) is 0 Å². The quantitative estimate of drug-likeness (QED) is 0.781. The van der Waals surface area contributed by atoms with Gasteiger partial charge in [-0.15, -0.1) is 0 Å². The van der Waals surface area contributed by atoms with Crippen LogP contribution in [0.25, 0.3) is 0 Å². The van der Waals surface area contributed by atoms with Gasteiger partial charge in [0.05, 0.1) is 0 Å². The second-order valence-electron chi connectivity index (χ2n) is 7.70. The fourth-order valence-electron chi connectivity index (χ4n) is 5.80. The predicted octanol–water partition coefficient (Wildman–Crippen LogP) is 3.34. The highest BCUT2D eigenvalue weighted by molar-refractivity contribution is 7.85. The first kappa shape index (κ1) is 15.0. The Labute approximate surface area is 126 Å². The van der Waals surface area contributed by atoms with E-state index in [-0.39, 0.29) is 0 Å². The van der Waals surface area contributed by atoms with Crippen LogP contribution in [-0.4, -0.2) is 28.3 Å². The molecule has 4 aliphatic carbocycles. The lowest BCUT2D eigenvalue weighted by molar-refractivity contribution is -0.0692. The molecule has 2 nitrogen and oxygen atoms in total. The van der Waals surface area contributed by atoms with Gasteiger partial charge in [-0.05, 0) is 74.7 Å². The van der Waals surface area contributed by atoms with Crippen molar-refractivity contribution in [2.75, 3.05) is 18.1 Å². The van der Waals surface area contributed by atoms with E-state index >= 15 is 0 Å². The third-order valence-electron chi connectivity index (χ3n) is 6.06. The molecule has 4 fully saturated rings. The van der Waals surface area contributed by atoms with E-state index in [0.29, 0.717) is 11.5 Å². The molecule has 2 unspecified atom stereocenters. The van der Waals surface area contributed by atoms with Crippen LogP contribution in [0.4, 0.5) is 0 Å². The highest BCUT2D eigenvalue weighted by Gasteiger charge is 2.54. The maximum atomic E-state index is 12.3. The summed E-state index contributed by atoms with van der Waals surface area (Å²) in [5.41, 5.74) is 0.494. The molecule has 0 aliphatic heterocycles. The smallest absolute Gasteiger partial charge is 0.0394 e. The van der Waals surface area contributed by atoms with Crippen molar-refractivity contribution >= 4 is 10.8 Å². The molecule has 0 aromatic carbocycles. The van der Waals surface area contributed by atoms with Crippen LogP contribution < -0.4 is 5.32 Å². The average molecular weight is 298 g/mol. The first-order chi connectivity index (χ1) is 9.65. The highest BCUT2D eigenvalue weighted by Crippen LogP contribution is 2.61. The molecule has 0 amide bonds. The van der Waals surface area contributed by atoms with Gasteiger partial charge in [0.2, 0.25) is 0 Å². The molecule has 4 saturated carbocycles. The van der Waals surface area contributed by atoms with Gasteiger partial charge in [0, 0.05) is 28.3 Å². The Kier molecular flexibility index (Phi) is 4.57. The molecule has 1 N–H and O–H groups in total. The maximum Gasteiger partial charge on any atom is 0.0394 e. The lowest BCUT2D eigenvalue weighted by atomic mass is 9.48. The topological polar surface area (TPSA) is 29.1 Å². The molecule has 0 aromatic rings. The molecular weight excluding hydrogens is 266 g/mol. The van der Waals surface area contributed by atoms with Crippen molar-refractivity contribution in [2.24, 2.45) is 23.2 Å². The molecule has 4 aliphatic rings. The second-order valence-corrected chi connectivity index (χ2v) is 9.32. The van der Waals surface area contributed by atoms with Gasteiger partial charge in [-0.2, -0.15) is 0 Å². The van der Waals surface area contributed by atoms with Crippen molar-refractivity contribution < 1.29 is 4.21 Å². The maximum absolute atomic E-state index is 12.3. The van der Waals surface area contributed by atoms with Gasteiger partial charge in [0.15, 0.2) is 0 Å². The highest BCUT2D eigenvalue weighted by atomic mass is 32.2. The van der Waals surface area contributed by atoms with Crippen LogP contribution in [0.2, 0.25) is 0 Å². The summed E-state index contributed by atoms with van der Waals surface area (Å²) in [5, 5.41) is 3.74. The van der Waals surface area contributed by atoms with Crippen LogP contribution in [-0.2, 0) is 10.8 Å². The van der Waals surface area contributed by atoms with Crippen molar-refractivity contribution in [3.05, 3.63) is 0 Å². The minimum absolute atomic E-state index is 0.494. The van der Waals surface area contributed by atoms with E-state index in [1.54, 1.807) is 0 Å². The van der Waals surface area contributed by atoms with Crippen LogP contribution in [0.3, 0.4) is 0 Å². The van der Waals surface area contributed by atoms with E-state index in [2.05, 4.69) is 19.2 Å². The zero-order chi connectivity index (χ0) is 14.2. The second kappa shape index (κ2) is 6.08. The predicted molar refractivity (Wildman–Crippen MR) is 86.2 cm³/mol. The third kappa shape index (κ3) is 2.85. The molecule has 0 spiro atoms. The van der Waals surface area contributed by atoms with Crippen molar-refractivity contribution in [3.8, 4) is 0 Å². The van der Waals surface area contributed by atoms with Crippen molar-refractivity contribution in [3.63, 3.8) is 0 Å². The summed E-state index contributed by atoms with van der Waals surface area (Å²) >= 11 is 0. The molecule has 3 heteroatoms. The molecule has 0 heterocycles. The monoisotopic (exact) mass is 297 g/mol. The Hall–Kier alpha value is 0.110. The SMILES string of the molecule is CCCS(=O)CC(NCC)C12CC3CC(CC(C3)C1)C2. The minimum Gasteiger partial charge on any atom is -0.313 e. The molecule has 116 valence electrons.